The Morgan fingerprint density at radius 1 is 1.38 bits per heavy atom. The van der Waals surface area contributed by atoms with Gasteiger partial charge in [0.1, 0.15) is 0 Å². The van der Waals surface area contributed by atoms with Gasteiger partial charge in [0.15, 0.2) is 0 Å². The van der Waals surface area contributed by atoms with Crippen molar-refractivity contribution in [2.75, 3.05) is 19.6 Å². The standard InChI is InChI=1S/C14H18BrF3N2.ClH/c1-13(8-19)4-5-20(9-13)7-10-2-3-11(15)6-12(10)14(16,17)18;/h2-3,6H,4-5,7-9,19H2,1H3;1H. The number of likely N-dealkylation sites (tertiary alicyclic amines) is 1. The first-order chi connectivity index (χ1) is 9.23. The van der Waals surface area contributed by atoms with Gasteiger partial charge in [0.25, 0.3) is 0 Å². The van der Waals surface area contributed by atoms with E-state index in [2.05, 4.69) is 22.9 Å². The molecule has 0 saturated carbocycles. The van der Waals surface area contributed by atoms with Gasteiger partial charge in [-0.25, -0.2) is 0 Å². The maximum Gasteiger partial charge on any atom is 0.416 e. The number of nitrogens with zero attached hydrogens (tertiary/aromatic N) is 1. The van der Waals surface area contributed by atoms with Gasteiger partial charge in [-0.3, -0.25) is 4.90 Å². The van der Waals surface area contributed by atoms with E-state index in [1.165, 1.54) is 0 Å². The van der Waals surface area contributed by atoms with E-state index in [-0.39, 0.29) is 17.8 Å². The molecule has 120 valence electrons. The number of halogens is 5. The summed E-state index contributed by atoms with van der Waals surface area (Å²) in [6.45, 7) is 4.50. The van der Waals surface area contributed by atoms with E-state index in [0.29, 0.717) is 23.1 Å². The Morgan fingerprint density at radius 2 is 2.05 bits per heavy atom. The summed E-state index contributed by atoms with van der Waals surface area (Å²) in [5, 5.41) is 0. The minimum atomic E-state index is -4.32. The average Bonchev–Trinajstić information content (AvgIpc) is 2.73. The Kier molecular flexibility index (Phi) is 6.12. The number of hydrogen-bond donors (Lipinski definition) is 1. The van der Waals surface area contributed by atoms with E-state index >= 15 is 0 Å². The fourth-order valence-corrected chi connectivity index (χ4v) is 2.98. The predicted octanol–water partition coefficient (Wildman–Crippen LogP) is 4.06. The van der Waals surface area contributed by atoms with Crippen molar-refractivity contribution in [3.63, 3.8) is 0 Å². The molecule has 1 fully saturated rings. The van der Waals surface area contributed by atoms with Crippen LogP contribution in [0.4, 0.5) is 13.2 Å². The van der Waals surface area contributed by atoms with Crippen molar-refractivity contribution in [1.82, 2.24) is 4.90 Å². The molecular weight excluding hydrogens is 369 g/mol. The SMILES string of the molecule is CC1(CN)CCN(Cc2ccc(Br)cc2C(F)(F)F)C1.Cl. The number of hydrogen-bond acceptors (Lipinski definition) is 2. The van der Waals surface area contributed by atoms with E-state index in [1.54, 1.807) is 12.1 Å². The summed E-state index contributed by atoms with van der Waals surface area (Å²) in [6.07, 6.45) is -3.39. The zero-order chi connectivity index (χ0) is 15.0. The van der Waals surface area contributed by atoms with E-state index in [4.69, 9.17) is 5.73 Å². The van der Waals surface area contributed by atoms with Crippen LogP contribution in [0.1, 0.15) is 24.5 Å². The predicted molar refractivity (Wildman–Crippen MR) is 83.4 cm³/mol. The molecule has 1 aliphatic rings. The third-order valence-electron chi connectivity index (χ3n) is 3.90. The summed E-state index contributed by atoms with van der Waals surface area (Å²) in [4.78, 5) is 2.05. The lowest BCUT2D eigenvalue weighted by Crippen LogP contribution is -2.31. The van der Waals surface area contributed by atoms with E-state index < -0.39 is 11.7 Å². The van der Waals surface area contributed by atoms with Gasteiger partial charge in [-0.2, -0.15) is 13.2 Å². The Morgan fingerprint density at radius 3 is 2.57 bits per heavy atom. The number of rotatable bonds is 3. The van der Waals surface area contributed by atoms with Crippen LogP contribution in [0.5, 0.6) is 0 Å². The van der Waals surface area contributed by atoms with E-state index in [1.807, 2.05) is 4.90 Å². The highest BCUT2D eigenvalue weighted by atomic mass is 79.9. The molecule has 1 aromatic rings. The quantitative estimate of drug-likeness (QED) is 0.847. The molecule has 2 N–H and O–H groups in total. The minimum absolute atomic E-state index is 0. The molecule has 0 radical (unpaired) electrons. The van der Waals surface area contributed by atoms with E-state index in [9.17, 15) is 13.2 Å². The molecule has 0 amide bonds. The largest absolute Gasteiger partial charge is 0.416 e. The zero-order valence-corrected chi connectivity index (χ0v) is 14.1. The van der Waals surface area contributed by atoms with Crippen LogP contribution in [0.25, 0.3) is 0 Å². The van der Waals surface area contributed by atoms with Crippen LogP contribution in [0, 0.1) is 5.41 Å². The smallest absolute Gasteiger partial charge is 0.330 e. The topological polar surface area (TPSA) is 29.3 Å². The molecule has 0 spiro atoms. The maximum absolute atomic E-state index is 13.1. The summed E-state index contributed by atoms with van der Waals surface area (Å²) >= 11 is 3.10. The first-order valence-electron chi connectivity index (χ1n) is 6.52. The first kappa shape index (κ1) is 18.7. The van der Waals surface area contributed by atoms with Crippen molar-refractivity contribution < 1.29 is 13.2 Å². The Bertz CT molecular complexity index is 496. The minimum Gasteiger partial charge on any atom is -0.330 e. The van der Waals surface area contributed by atoms with Gasteiger partial charge in [0.05, 0.1) is 5.56 Å². The van der Waals surface area contributed by atoms with Crippen LogP contribution in [0.2, 0.25) is 0 Å². The first-order valence-corrected chi connectivity index (χ1v) is 7.31. The van der Waals surface area contributed by atoms with Gasteiger partial charge in [-0.05, 0) is 42.6 Å². The van der Waals surface area contributed by atoms with Gasteiger partial charge < -0.3 is 5.73 Å². The van der Waals surface area contributed by atoms with Crippen molar-refractivity contribution in [3.05, 3.63) is 33.8 Å². The molecule has 1 saturated heterocycles. The van der Waals surface area contributed by atoms with Gasteiger partial charge >= 0.3 is 6.18 Å². The zero-order valence-electron chi connectivity index (χ0n) is 11.7. The lowest BCUT2D eigenvalue weighted by atomic mass is 9.90. The Hall–Kier alpha value is -0.300. The van der Waals surface area contributed by atoms with Crippen molar-refractivity contribution in [3.8, 4) is 0 Å². The number of alkyl halides is 3. The van der Waals surface area contributed by atoms with Crippen LogP contribution < -0.4 is 5.73 Å². The summed E-state index contributed by atoms with van der Waals surface area (Å²) < 4.78 is 39.6. The highest BCUT2D eigenvalue weighted by Gasteiger charge is 2.36. The molecule has 21 heavy (non-hydrogen) atoms. The number of nitrogens with two attached hydrogens (primary N) is 1. The molecule has 0 aromatic heterocycles. The Balaban J connectivity index is 0.00000220. The fraction of sp³-hybridized carbons (Fsp3) is 0.571. The van der Waals surface area contributed by atoms with Crippen LogP contribution in [0.15, 0.2) is 22.7 Å². The molecular formula is C14H19BrClF3N2. The van der Waals surface area contributed by atoms with Gasteiger partial charge in [0, 0.05) is 17.6 Å². The Labute approximate surface area is 137 Å². The molecule has 1 aromatic carbocycles. The van der Waals surface area contributed by atoms with Crippen molar-refractivity contribution in [1.29, 1.82) is 0 Å². The van der Waals surface area contributed by atoms with Crippen LogP contribution in [-0.4, -0.2) is 24.5 Å². The van der Waals surface area contributed by atoms with Crippen molar-refractivity contribution in [2.24, 2.45) is 11.1 Å². The van der Waals surface area contributed by atoms with Crippen LogP contribution in [-0.2, 0) is 12.7 Å². The van der Waals surface area contributed by atoms with Gasteiger partial charge in [0.2, 0.25) is 0 Å². The van der Waals surface area contributed by atoms with Crippen molar-refractivity contribution in [2.45, 2.75) is 26.1 Å². The summed E-state index contributed by atoms with van der Waals surface area (Å²) in [6, 6.07) is 4.35. The van der Waals surface area contributed by atoms with Crippen LogP contribution >= 0.6 is 28.3 Å². The highest BCUT2D eigenvalue weighted by molar-refractivity contribution is 9.10. The second kappa shape index (κ2) is 6.86. The molecule has 2 nitrogen and oxygen atoms in total. The third-order valence-corrected chi connectivity index (χ3v) is 4.39. The molecule has 2 rings (SSSR count). The van der Waals surface area contributed by atoms with E-state index in [0.717, 1.165) is 25.6 Å². The second-order valence-corrected chi connectivity index (χ2v) is 6.69. The fourth-order valence-electron chi connectivity index (χ4n) is 2.62. The van der Waals surface area contributed by atoms with Crippen molar-refractivity contribution >= 4 is 28.3 Å². The third kappa shape index (κ3) is 4.58. The lowest BCUT2D eigenvalue weighted by molar-refractivity contribution is -0.138. The molecule has 0 bridgehead atoms. The summed E-state index contributed by atoms with van der Waals surface area (Å²) in [5.41, 5.74) is 5.51. The normalized spacial score (nSPS) is 23.1. The summed E-state index contributed by atoms with van der Waals surface area (Å²) in [7, 11) is 0. The van der Waals surface area contributed by atoms with Gasteiger partial charge in [-0.1, -0.05) is 28.9 Å². The highest BCUT2D eigenvalue weighted by Crippen LogP contribution is 2.36. The molecule has 0 aliphatic carbocycles. The van der Waals surface area contributed by atoms with Gasteiger partial charge in [-0.15, -0.1) is 12.4 Å². The average molecular weight is 388 g/mol. The molecule has 1 atom stereocenters. The molecule has 7 heteroatoms. The molecule has 1 unspecified atom stereocenters. The molecule has 1 aliphatic heterocycles. The van der Waals surface area contributed by atoms with Crippen LogP contribution in [0.3, 0.4) is 0 Å². The summed E-state index contributed by atoms with van der Waals surface area (Å²) in [5.74, 6) is 0. The monoisotopic (exact) mass is 386 g/mol. The molecule has 1 heterocycles. The number of benzene rings is 1. The lowest BCUT2D eigenvalue weighted by Gasteiger charge is -2.23. The second-order valence-electron chi connectivity index (χ2n) is 5.77. The maximum atomic E-state index is 13.1.